The number of hydrogen-bond donors (Lipinski definition) is 1. The van der Waals surface area contributed by atoms with Gasteiger partial charge in [0.05, 0.1) is 11.6 Å². The van der Waals surface area contributed by atoms with E-state index in [0.717, 1.165) is 10.0 Å². The van der Waals surface area contributed by atoms with Crippen LogP contribution in [0.5, 0.6) is 5.75 Å². The highest BCUT2D eigenvalue weighted by atomic mass is 79.9. The summed E-state index contributed by atoms with van der Waals surface area (Å²) in [5.74, 6) is -0.0179. The van der Waals surface area contributed by atoms with Crippen LogP contribution in [0, 0.1) is 22.7 Å². The molecule has 146 valence electrons. The Labute approximate surface area is 183 Å². The molecule has 3 aromatic carbocycles. The number of nitriles is 2. The van der Waals surface area contributed by atoms with Gasteiger partial charge in [0.1, 0.15) is 24.0 Å². The maximum atomic E-state index is 12.5. The van der Waals surface area contributed by atoms with E-state index < -0.39 is 5.91 Å². The minimum Gasteiger partial charge on any atom is -0.488 e. The largest absolute Gasteiger partial charge is 0.488 e. The number of benzene rings is 3. The Morgan fingerprint density at radius 1 is 1.03 bits per heavy atom. The number of anilines is 1. The minimum atomic E-state index is -0.510. The average Bonchev–Trinajstić information content (AvgIpc) is 2.77. The van der Waals surface area contributed by atoms with Crippen molar-refractivity contribution in [2.75, 3.05) is 5.32 Å². The fraction of sp³-hybridized carbons (Fsp3) is 0.0417. The maximum absolute atomic E-state index is 12.5. The number of nitrogens with one attached hydrogen (secondary N) is 1. The van der Waals surface area contributed by atoms with Gasteiger partial charge in [0.15, 0.2) is 0 Å². The lowest BCUT2D eigenvalue weighted by Crippen LogP contribution is -2.13. The molecule has 3 aromatic rings. The van der Waals surface area contributed by atoms with Gasteiger partial charge >= 0.3 is 0 Å². The third-order valence-corrected chi connectivity index (χ3v) is 4.68. The van der Waals surface area contributed by atoms with Crippen molar-refractivity contribution >= 4 is 33.6 Å². The number of para-hydroxylation sites is 1. The maximum Gasteiger partial charge on any atom is 0.266 e. The van der Waals surface area contributed by atoms with Crippen LogP contribution < -0.4 is 10.1 Å². The predicted molar refractivity (Wildman–Crippen MR) is 118 cm³/mol. The lowest BCUT2D eigenvalue weighted by Gasteiger charge is -2.11. The third kappa shape index (κ3) is 5.35. The molecule has 0 atom stereocenters. The molecule has 0 saturated heterocycles. The van der Waals surface area contributed by atoms with E-state index in [1.807, 2.05) is 24.3 Å². The quantitative estimate of drug-likeness (QED) is 0.394. The zero-order valence-electron chi connectivity index (χ0n) is 15.8. The average molecular weight is 458 g/mol. The van der Waals surface area contributed by atoms with Gasteiger partial charge in [-0.05, 0) is 42.5 Å². The van der Waals surface area contributed by atoms with E-state index in [0.29, 0.717) is 22.6 Å². The van der Waals surface area contributed by atoms with Crippen LogP contribution in [0.4, 0.5) is 5.69 Å². The van der Waals surface area contributed by atoms with Crippen LogP contribution in [0.2, 0.25) is 0 Å². The number of amides is 1. The summed E-state index contributed by atoms with van der Waals surface area (Å²) >= 11 is 3.41. The van der Waals surface area contributed by atoms with Crippen molar-refractivity contribution in [3.8, 4) is 17.9 Å². The fourth-order valence-electron chi connectivity index (χ4n) is 2.70. The number of hydrogen-bond acceptors (Lipinski definition) is 4. The second kappa shape index (κ2) is 10.1. The molecule has 0 aliphatic heterocycles. The molecule has 0 aliphatic carbocycles. The van der Waals surface area contributed by atoms with E-state index in [4.69, 9.17) is 4.74 Å². The van der Waals surface area contributed by atoms with Gasteiger partial charge in [0.25, 0.3) is 5.91 Å². The van der Waals surface area contributed by atoms with E-state index in [9.17, 15) is 15.3 Å². The number of halogens is 1. The zero-order chi connectivity index (χ0) is 21.3. The van der Waals surface area contributed by atoms with Gasteiger partial charge in [-0.3, -0.25) is 4.79 Å². The molecular weight excluding hydrogens is 442 g/mol. The molecule has 0 fully saturated rings. The predicted octanol–water partition coefficient (Wildman–Crippen LogP) is 5.45. The van der Waals surface area contributed by atoms with Crippen LogP contribution >= 0.6 is 15.9 Å². The SMILES string of the molecule is N#C/C(=C\c1cc(Br)ccc1OCc1ccccc1C#N)C(=O)Nc1ccccc1. The summed E-state index contributed by atoms with van der Waals surface area (Å²) in [6.07, 6.45) is 1.48. The first-order valence-electron chi connectivity index (χ1n) is 8.99. The summed E-state index contributed by atoms with van der Waals surface area (Å²) < 4.78 is 6.68. The van der Waals surface area contributed by atoms with Crippen LogP contribution in [0.3, 0.4) is 0 Å². The van der Waals surface area contributed by atoms with Crippen molar-refractivity contribution in [3.63, 3.8) is 0 Å². The normalized spacial score (nSPS) is 10.6. The number of ether oxygens (including phenoxy) is 1. The van der Waals surface area contributed by atoms with Crippen molar-refractivity contribution in [3.05, 3.63) is 99.5 Å². The Kier molecular flexibility index (Phi) is 7.00. The minimum absolute atomic E-state index is 0.0563. The highest BCUT2D eigenvalue weighted by Crippen LogP contribution is 2.27. The number of nitrogens with zero attached hydrogens (tertiary/aromatic N) is 2. The summed E-state index contributed by atoms with van der Waals surface area (Å²) in [7, 11) is 0. The zero-order valence-corrected chi connectivity index (χ0v) is 17.4. The van der Waals surface area contributed by atoms with E-state index in [2.05, 4.69) is 27.3 Å². The Bertz CT molecular complexity index is 1180. The molecule has 0 saturated carbocycles. The first-order chi connectivity index (χ1) is 14.6. The number of carbonyl (C=O) groups is 1. The van der Waals surface area contributed by atoms with Crippen molar-refractivity contribution in [1.29, 1.82) is 10.5 Å². The molecule has 0 aromatic heterocycles. The number of carbonyl (C=O) groups excluding carboxylic acids is 1. The summed E-state index contributed by atoms with van der Waals surface area (Å²) in [5, 5.41) is 21.4. The molecule has 6 heteroatoms. The van der Waals surface area contributed by atoms with Crippen LogP contribution in [0.15, 0.2) is 82.8 Å². The van der Waals surface area contributed by atoms with Crippen LogP contribution in [0.1, 0.15) is 16.7 Å². The lowest BCUT2D eigenvalue weighted by atomic mass is 10.1. The highest BCUT2D eigenvalue weighted by molar-refractivity contribution is 9.10. The second-order valence-electron chi connectivity index (χ2n) is 6.23. The van der Waals surface area contributed by atoms with Crippen LogP contribution in [0.25, 0.3) is 6.08 Å². The second-order valence-corrected chi connectivity index (χ2v) is 7.15. The Morgan fingerprint density at radius 2 is 1.77 bits per heavy atom. The molecule has 5 nitrogen and oxygen atoms in total. The van der Waals surface area contributed by atoms with Gasteiger partial charge in [-0.2, -0.15) is 10.5 Å². The molecular formula is C24H16BrN3O2. The topological polar surface area (TPSA) is 85.9 Å². The first kappa shape index (κ1) is 20.9. The summed E-state index contributed by atoms with van der Waals surface area (Å²) in [6.45, 7) is 0.185. The van der Waals surface area contributed by atoms with E-state index in [-0.39, 0.29) is 12.2 Å². The molecule has 0 spiro atoms. The molecule has 3 rings (SSSR count). The van der Waals surface area contributed by atoms with Gasteiger partial charge in [0, 0.05) is 21.3 Å². The molecule has 0 unspecified atom stereocenters. The van der Waals surface area contributed by atoms with Crippen molar-refractivity contribution < 1.29 is 9.53 Å². The highest BCUT2D eigenvalue weighted by Gasteiger charge is 2.12. The Balaban J connectivity index is 1.85. The van der Waals surface area contributed by atoms with E-state index in [1.54, 1.807) is 54.6 Å². The summed E-state index contributed by atoms with van der Waals surface area (Å²) in [4.78, 5) is 12.5. The molecule has 0 radical (unpaired) electrons. The molecule has 0 aliphatic rings. The third-order valence-electron chi connectivity index (χ3n) is 4.19. The smallest absolute Gasteiger partial charge is 0.266 e. The summed E-state index contributed by atoms with van der Waals surface area (Å²) in [5.41, 5.74) is 2.40. The Hall–Kier alpha value is -3.87. The first-order valence-corrected chi connectivity index (χ1v) is 9.78. The standard InChI is InChI=1S/C24H16BrN3O2/c25-21-10-11-23(30-16-18-7-5-4-6-17(18)14-26)19(13-21)12-20(15-27)24(29)28-22-8-2-1-3-9-22/h1-13H,16H2,(H,28,29)/b20-12+. The van der Waals surface area contributed by atoms with Crippen molar-refractivity contribution in [1.82, 2.24) is 0 Å². The van der Waals surface area contributed by atoms with Crippen molar-refractivity contribution in [2.45, 2.75) is 6.61 Å². The fourth-order valence-corrected chi connectivity index (χ4v) is 3.08. The van der Waals surface area contributed by atoms with Crippen molar-refractivity contribution in [2.24, 2.45) is 0 Å². The van der Waals surface area contributed by atoms with Gasteiger partial charge in [-0.15, -0.1) is 0 Å². The van der Waals surface area contributed by atoms with E-state index in [1.165, 1.54) is 6.08 Å². The van der Waals surface area contributed by atoms with Crippen LogP contribution in [-0.2, 0) is 11.4 Å². The van der Waals surface area contributed by atoms with Gasteiger partial charge < -0.3 is 10.1 Å². The van der Waals surface area contributed by atoms with Gasteiger partial charge in [0.2, 0.25) is 0 Å². The number of rotatable bonds is 6. The summed E-state index contributed by atoms with van der Waals surface area (Å²) in [6, 6.07) is 25.5. The van der Waals surface area contributed by atoms with Gasteiger partial charge in [-0.1, -0.05) is 52.3 Å². The molecule has 0 bridgehead atoms. The molecule has 30 heavy (non-hydrogen) atoms. The van der Waals surface area contributed by atoms with Crippen LogP contribution in [-0.4, -0.2) is 5.91 Å². The monoisotopic (exact) mass is 457 g/mol. The Morgan fingerprint density at radius 3 is 2.50 bits per heavy atom. The molecule has 0 heterocycles. The van der Waals surface area contributed by atoms with E-state index >= 15 is 0 Å². The molecule has 1 amide bonds. The molecule has 1 N–H and O–H groups in total. The van der Waals surface area contributed by atoms with Gasteiger partial charge in [-0.25, -0.2) is 0 Å². The lowest BCUT2D eigenvalue weighted by molar-refractivity contribution is -0.112.